The minimum absolute atomic E-state index is 0.0656. The van der Waals surface area contributed by atoms with E-state index >= 15 is 0 Å². The highest BCUT2D eigenvalue weighted by molar-refractivity contribution is 7.89. The van der Waals surface area contributed by atoms with Crippen molar-refractivity contribution < 1.29 is 17.9 Å². The van der Waals surface area contributed by atoms with Crippen LogP contribution in [0.3, 0.4) is 0 Å². The molecule has 0 N–H and O–H groups in total. The Morgan fingerprint density at radius 1 is 0.969 bits per heavy atom. The predicted octanol–water partition coefficient (Wildman–Crippen LogP) is 4.09. The van der Waals surface area contributed by atoms with Crippen molar-refractivity contribution in [3.63, 3.8) is 0 Å². The third-order valence-electron chi connectivity index (χ3n) is 5.44. The van der Waals surface area contributed by atoms with E-state index in [9.17, 15) is 13.2 Å². The van der Waals surface area contributed by atoms with Gasteiger partial charge in [0.05, 0.1) is 9.77 Å². The van der Waals surface area contributed by atoms with Crippen molar-refractivity contribution in [1.82, 2.24) is 9.21 Å². The van der Waals surface area contributed by atoms with Gasteiger partial charge in [-0.05, 0) is 55.1 Å². The van der Waals surface area contributed by atoms with Crippen molar-refractivity contribution in [2.24, 2.45) is 0 Å². The van der Waals surface area contributed by atoms with E-state index in [0.717, 1.165) is 22.4 Å². The molecule has 3 aromatic rings. The molecule has 32 heavy (non-hydrogen) atoms. The number of thiophene rings is 1. The average Bonchev–Trinajstić information content (AvgIpc) is 3.27. The molecule has 168 valence electrons. The Morgan fingerprint density at radius 2 is 1.69 bits per heavy atom. The Kier molecular flexibility index (Phi) is 6.64. The van der Waals surface area contributed by atoms with Crippen LogP contribution in [-0.2, 0) is 16.6 Å². The second-order valence-corrected chi connectivity index (χ2v) is 10.8. The molecule has 1 saturated heterocycles. The van der Waals surface area contributed by atoms with Crippen LogP contribution in [0.15, 0.2) is 64.9 Å². The van der Waals surface area contributed by atoms with Gasteiger partial charge in [0.2, 0.25) is 10.0 Å². The van der Waals surface area contributed by atoms with Gasteiger partial charge in [0, 0.05) is 31.7 Å². The molecule has 2 aromatic carbocycles. The molecule has 1 aliphatic heterocycles. The predicted molar refractivity (Wildman–Crippen MR) is 126 cm³/mol. The number of hydrogen-bond acceptors (Lipinski definition) is 5. The number of benzene rings is 2. The summed E-state index contributed by atoms with van der Waals surface area (Å²) in [5.74, 6) is 0.735. The van der Waals surface area contributed by atoms with E-state index in [2.05, 4.69) is 0 Å². The minimum atomic E-state index is -3.54. The molecule has 2 heterocycles. The smallest absolute Gasteiger partial charge is 0.264 e. The average molecular weight is 471 g/mol. The van der Waals surface area contributed by atoms with E-state index in [4.69, 9.17) is 4.74 Å². The largest absolute Gasteiger partial charge is 0.489 e. The van der Waals surface area contributed by atoms with Gasteiger partial charge in [-0.25, -0.2) is 8.42 Å². The molecule has 4 rings (SSSR count). The highest BCUT2D eigenvalue weighted by Crippen LogP contribution is 2.22. The summed E-state index contributed by atoms with van der Waals surface area (Å²) in [6.45, 7) is 5.66. The molecule has 0 saturated carbocycles. The summed E-state index contributed by atoms with van der Waals surface area (Å²) in [5.41, 5.74) is 3.09. The van der Waals surface area contributed by atoms with Crippen LogP contribution in [0.2, 0.25) is 0 Å². The van der Waals surface area contributed by atoms with Crippen molar-refractivity contribution in [3.05, 3.63) is 81.5 Å². The van der Waals surface area contributed by atoms with Gasteiger partial charge < -0.3 is 9.64 Å². The van der Waals surface area contributed by atoms with Crippen LogP contribution in [-0.4, -0.2) is 49.7 Å². The molecule has 6 nitrogen and oxygen atoms in total. The highest BCUT2D eigenvalue weighted by atomic mass is 32.2. The molecule has 0 atom stereocenters. The summed E-state index contributed by atoms with van der Waals surface area (Å²) in [5, 5.41) is 1.93. The van der Waals surface area contributed by atoms with Crippen molar-refractivity contribution in [1.29, 1.82) is 0 Å². The number of piperazine rings is 1. The molecule has 1 amide bonds. The van der Waals surface area contributed by atoms with Crippen molar-refractivity contribution in [3.8, 4) is 5.75 Å². The molecule has 0 radical (unpaired) electrons. The lowest BCUT2D eigenvalue weighted by atomic mass is 10.2. The maximum atomic E-state index is 12.9. The van der Waals surface area contributed by atoms with Gasteiger partial charge in [-0.1, -0.05) is 29.8 Å². The van der Waals surface area contributed by atoms with E-state index in [0.29, 0.717) is 29.5 Å². The fourth-order valence-electron chi connectivity index (χ4n) is 3.58. The first kappa shape index (κ1) is 22.5. The van der Waals surface area contributed by atoms with Gasteiger partial charge in [-0.2, -0.15) is 4.31 Å². The molecule has 1 fully saturated rings. The van der Waals surface area contributed by atoms with Crippen LogP contribution in [0.5, 0.6) is 5.75 Å². The lowest BCUT2D eigenvalue weighted by Crippen LogP contribution is -2.50. The monoisotopic (exact) mass is 470 g/mol. The van der Waals surface area contributed by atoms with Gasteiger partial charge in [-0.15, -0.1) is 11.3 Å². The summed E-state index contributed by atoms with van der Waals surface area (Å²) in [7, 11) is -3.54. The Balaban J connectivity index is 1.34. The van der Waals surface area contributed by atoms with Crippen LogP contribution in [0.25, 0.3) is 0 Å². The SMILES string of the molecule is Cc1ccc(S(=O)(=O)N2CCN(C(=O)c3cc(COc4cccc(C)c4)cs3)CC2)cc1. The summed E-state index contributed by atoms with van der Waals surface area (Å²) in [6.07, 6.45) is 0. The van der Waals surface area contributed by atoms with Crippen LogP contribution >= 0.6 is 11.3 Å². The number of carbonyl (C=O) groups is 1. The van der Waals surface area contributed by atoms with E-state index in [-0.39, 0.29) is 19.0 Å². The molecular formula is C24H26N2O4S2. The zero-order valence-corrected chi connectivity index (χ0v) is 19.8. The minimum Gasteiger partial charge on any atom is -0.489 e. The number of rotatable bonds is 6. The number of carbonyl (C=O) groups excluding carboxylic acids is 1. The Labute approximate surface area is 193 Å². The molecular weight excluding hydrogens is 444 g/mol. The standard InChI is InChI=1S/C24H26N2O4S2/c1-18-6-8-22(9-7-18)32(28,29)26-12-10-25(11-13-26)24(27)23-15-20(17-31-23)16-30-21-5-3-4-19(2)14-21/h3-9,14-15,17H,10-13,16H2,1-2H3. The first-order valence-corrected chi connectivity index (χ1v) is 12.8. The maximum Gasteiger partial charge on any atom is 0.264 e. The Bertz CT molecular complexity index is 1190. The second kappa shape index (κ2) is 9.44. The molecule has 8 heteroatoms. The lowest BCUT2D eigenvalue weighted by molar-refractivity contribution is 0.0702. The van der Waals surface area contributed by atoms with Crippen molar-refractivity contribution >= 4 is 27.3 Å². The Morgan fingerprint density at radius 3 is 2.38 bits per heavy atom. The Hall–Kier alpha value is -2.68. The van der Waals surface area contributed by atoms with Gasteiger partial charge in [0.25, 0.3) is 5.91 Å². The number of amides is 1. The zero-order valence-electron chi connectivity index (χ0n) is 18.2. The number of aryl methyl sites for hydroxylation is 2. The summed E-state index contributed by atoms with van der Waals surface area (Å²) in [4.78, 5) is 15.6. The molecule has 0 aliphatic carbocycles. The first-order valence-electron chi connectivity index (χ1n) is 10.5. The molecule has 0 bridgehead atoms. The van der Waals surface area contributed by atoms with Gasteiger partial charge in [0.1, 0.15) is 12.4 Å². The first-order chi connectivity index (χ1) is 15.3. The maximum absolute atomic E-state index is 12.9. The molecule has 0 unspecified atom stereocenters. The molecule has 1 aromatic heterocycles. The molecule has 0 spiro atoms. The quantitative estimate of drug-likeness (QED) is 0.544. The highest BCUT2D eigenvalue weighted by Gasteiger charge is 2.30. The van der Waals surface area contributed by atoms with E-state index in [1.807, 2.05) is 49.6 Å². The summed E-state index contributed by atoms with van der Waals surface area (Å²) < 4.78 is 33.0. The summed E-state index contributed by atoms with van der Waals surface area (Å²) in [6, 6.07) is 16.6. The number of nitrogens with zero attached hydrogens (tertiary/aromatic N) is 2. The number of sulfonamides is 1. The van der Waals surface area contributed by atoms with Crippen molar-refractivity contribution in [2.75, 3.05) is 26.2 Å². The van der Waals surface area contributed by atoms with Crippen LogP contribution in [0.1, 0.15) is 26.4 Å². The van der Waals surface area contributed by atoms with Crippen LogP contribution in [0.4, 0.5) is 0 Å². The topological polar surface area (TPSA) is 66.9 Å². The number of ether oxygens (including phenoxy) is 1. The van der Waals surface area contributed by atoms with Gasteiger partial charge in [0.15, 0.2) is 0 Å². The van der Waals surface area contributed by atoms with E-state index in [1.165, 1.54) is 15.6 Å². The lowest BCUT2D eigenvalue weighted by Gasteiger charge is -2.33. The summed E-state index contributed by atoms with van der Waals surface area (Å²) >= 11 is 1.39. The van der Waals surface area contributed by atoms with Crippen LogP contribution in [0, 0.1) is 13.8 Å². The third kappa shape index (κ3) is 5.03. The fourth-order valence-corrected chi connectivity index (χ4v) is 5.87. The zero-order chi connectivity index (χ0) is 22.7. The normalized spacial score (nSPS) is 15.0. The van der Waals surface area contributed by atoms with Crippen LogP contribution < -0.4 is 4.74 Å². The third-order valence-corrected chi connectivity index (χ3v) is 8.32. The molecule has 1 aliphatic rings. The van der Waals surface area contributed by atoms with E-state index < -0.39 is 10.0 Å². The number of hydrogen-bond donors (Lipinski definition) is 0. The van der Waals surface area contributed by atoms with Gasteiger partial charge >= 0.3 is 0 Å². The van der Waals surface area contributed by atoms with E-state index in [1.54, 1.807) is 29.2 Å². The fraction of sp³-hybridized carbons (Fsp3) is 0.292. The van der Waals surface area contributed by atoms with Gasteiger partial charge in [-0.3, -0.25) is 4.79 Å². The second-order valence-electron chi connectivity index (χ2n) is 7.93. The van der Waals surface area contributed by atoms with Crippen molar-refractivity contribution in [2.45, 2.75) is 25.3 Å².